The predicted molar refractivity (Wildman–Crippen MR) is 74.7 cm³/mol. The first-order valence-corrected chi connectivity index (χ1v) is 6.77. The number of aliphatic hydroxyl groups is 1. The van der Waals surface area contributed by atoms with Gasteiger partial charge in [-0.2, -0.15) is 0 Å². The second-order valence-electron chi connectivity index (χ2n) is 5.31. The Balaban J connectivity index is 1.98. The van der Waals surface area contributed by atoms with Crippen LogP contribution in [0.3, 0.4) is 0 Å². The van der Waals surface area contributed by atoms with Crippen LogP contribution in [0, 0.1) is 5.92 Å². The van der Waals surface area contributed by atoms with Gasteiger partial charge in [-0.15, -0.1) is 0 Å². The molecule has 0 heterocycles. The molecule has 0 saturated heterocycles. The Bertz CT molecular complexity index is 416. The van der Waals surface area contributed by atoms with Gasteiger partial charge in [0.05, 0.1) is 20.3 Å². The first kappa shape index (κ1) is 14.2. The topological polar surface area (TPSA) is 50.7 Å². The highest BCUT2D eigenvalue weighted by Crippen LogP contribution is 2.30. The molecule has 1 aliphatic rings. The fourth-order valence-corrected chi connectivity index (χ4v) is 2.56. The monoisotopic (exact) mass is 265 g/mol. The van der Waals surface area contributed by atoms with Crippen LogP contribution in [0.4, 0.5) is 0 Å². The Kier molecular flexibility index (Phi) is 4.66. The van der Waals surface area contributed by atoms with Gasteiger partial charge >= 0.3 is 0 Å². The smallest absolute Gasteiger partial charge is 0.124 e. The molecule has 1 atom stereocenters. The van der Waals surface area contributed by atoms with Crippen LogP contribution < -0.4 is 14.8 Å². The molecule has 0 amide bonds. The molecule has 4 heteroatoms. The van der Waals surface area contributed by atoms with Crippen molar-refractivity contribution < 1.29 is 14.6 Å². The average Bonchev–Trinajstić information content (AvgIpc) is 2.41. The summed E-state index contributed by atoms with van der Waals surface area (Å²) in [6.45, 7) is 2.79. The molecular formula is C15H23NO3. The van der Waals surface area contributed by atoms with Crippen LogP contribution in [0.15, 0.2) is 18.2 Å². The number of rotatable bonds is 6. The lowest BCUT2D eigenvalue weighted by Crippen LogP contribution is -2.41. The molecule has 106 valence electrons. The van der Waals surface area contributed by atoms with Crippen LogP contribution >= 0.6 is 0 Å². The molecule has 1 fully saturated rings. The number of ether oxygens (including phenoxy) is 2. The summed E-state index contributed by atoms with van der Waals surface area (Å²) >= 11 is 0. The van der Waals surface area contributed by atoms with E-state index in [0.29, 0.717) is 18.3 Å². The zero-order valence-corrected chi connectivity index (χ0v) is 11.8. The maximum atomic E-state index is 10.3. The molecule has 1 unspecified atom stereocenters. The lowest BCUT2D eigenvalue weighted by Gasteiger charge is -2.34. The van der Waals surface area contributed by atoms with E-state index in [4.69, 9.17) is 9.47 Å². The molecule has 1 saturated carbocycles. The van der Waals surface area contributed by atoms with Gasteiger partial charge in [0.1, 0.15) is 11.5 Å². The average molecular weight is 265 g/mol. The van der Waals surface area contributed by atoms with Crippen molar-refractivity contribution in [2.45, 2.75) is 31.9 Å². The zero-order chi connectivity index (χ0) is 13.8. The fourth-order valence-electron chi connectivity index (χ4n) is 2.56. The quantitative estimate of drug-likeness (QED) is 0.827. The van der Waals surface area contributed by atoms with Gasteiger partial charge in [0.15, 0.2) is 0 Å². The van der Waals surface area contributed by atoms with Crippen molar-refractivity contribution in [3.8, 4) is 11.5 Å². The van der Waals surface area contributed by atoms with Gasteiger partial charge in [0.2, 0.25) is 0 Å². The number of aliphatic hydroxyl groups excluding tert-OH is 1. The maximum Gasteiger partial charge on any atom is 0.124 e. The van der Waals surface area contributed by atoms with E-state index in [1.807, 2.05) is 18.2 Å². The van der Waals surface area contributed by atoms with Crippen LogP contribution in [0.25, 0.3) is 0 Å². The summed E-state index contributed by atoms with van der Waals surface area (Å²) in [7, 11) is 3.23. The third-order valence-corrected chi connectivity index (χ3v) is 3.77. The van der Waals surface area contributed by atoms with E-state index in [9.17, 15) is 5.11 Å². The standard InChI is InChI=1S/C15H23NO3/c1-10-6-11(7-10)16-9-14(17)13-8-12(18-2)4-5-15(13)19-3/h4-5,8,10-11,14,16-17H,6-7,9H2,1-3H3. The second kappa shape index (κ2) is 6.26. The number of hydrogen-bond donors (Lipinski definition) is 2. The molecule has 0 radical (unpaired) electrons. The van der Waals surface area contributed by atoms with Crippen LogP contribution in [0.1, 0.15) is 31.4 Å². The SMILES string of the molecule is COc1ccc(OC)c(C(O)CNC2CC(C)C2)c1. The highest BCUT2D eigenvalue weighted by molar-refractivity contribution is 5.41. The first-order valence-electron chi connectivity index (χ1n) is 6.77. The highest BCUT2D eigenvalue weighted by Gasteiger charge is 2.25. The van der Waals surface area contributed by atoms with E-state index >= 15 is 0 Å². The van der Waals surface area contributed by atoms with E-state index in [2.05, 4.69) is 12.2 Å². The molecular weight excluding hydrogens is 242 g/mol. The predicted octanol–water partition coefficient (Wildman–Crippen LogP) is 2.13. The van der Waals surface area contributed by atoms with Gasteiger partial charge < -0.3 is 19.9 Å². The second-order valence-corrected chi connectivity index (χ2v) is 5.31. The van der Waals surface area contributed by atoms with Gasteiger partial charge in [-0.3, -0.25) is 0 Å². The first-order chi connectivity index (χ1) is 9.13. The number of hydrogen-bond acceptors (Lipinski definition) is 4. The molecule has 0 bridgehead atoms. The van der Waals surface area contributed by atoms with Gasteiger partial charge in [0.25, 0.3) is 0 Å². The van der Waals surface area contributed by atoms with Crippen LogP contribution in [-0.2, 0) is 0 Å². The molecule has 2 rings (SSSR count). The lowest BCUT2D eigenvalue weighted by molar-refractivity contribution is 0.146. The zero-order valence-electron chi connectivity index (χ0n) is 11.8. The fraction of sp³-hybridized carbons (Fsp3) is 0.600. The minimum Gasteiger partial charge on any atom is -0.497 e. The summed E-state index contributed by atoms with van der Waals surface area (Å²) in [4.78, 5) is 0. The molecule has 1 aliphatic carbocycles. The van der Waals surface area contributed by atoms with E-state index < -0.39 is 6.10 Å². The minimum absolute atomic E-state index is 0.543. The van der Waals surface area contributed by atoms with Crippen molar-refractivity contribution in [2.24, 2.45) is 5.92 Å². The van der Waals surface area contributed by atoms with E-state index in [1.54, 1.807) is 14.2 Å². The van der Waals surface area contributed by atoms with Gasteiger partial charge in [-0.25, -0.2) is 0 Å². The van der Waals surface area contributed by atoms with Crippen molar-refractivity contribution in [3.63, 3.8) is 0 Å². The number of benzene rings is 1. The van der Waals surface area contributed by atoms with E-state index in [0.717, 1.165) is 17.2 Å². The molecule has 0 aromatic heterocycles. The van der Waals surface area contributed by atoms with Crippen molar-refractivity contribution in [1.82, 2.24) is 5.32 Å². The Hall–Kier alpha value is -1.26. The van der Waals surface area contributed by atoms with Gasteiger partial charge in [-0.1, -0.05) is 6.92 Å². The van der Waals surface area contributed by atoms with Gasteiger partial charge in [0, 0.05) is 18.2 Å². The van der Waals surface area contributed by atoms with Crippen molar-refractivity contribution in [3.05, 3.63) is 23.8 Å². The summed E-state index contributed by atoms with van der Waals surface area (Å²) in [6.07, 6.45) is 1.81. The summed E-state index contributed by atoms with van der Waals surface area (Å²) in [6, 6.07) is 6.02. The lowest BCUT2D eigenvalue weighted by atomic mass is 9.82. The highest BCUT2D eigenvalue weighted by atomic mass is 16.5. The molecule has 4 nitrogen and oxygen atoms in total. The van der Waals surface area contributed by atoms with Crippen LogP contribution in [0.2, 0.25) is 0 Å². The van der Waals surface area contributed by atoms with E-state index in [1.165, 1.54) is 12.8 Å². The Labute approximate surface area is 114 Å². The van der Waals surface area contributed by atoms with E-state index in [-0.39, 0.29) is 0 Å². The molecule has 1 aromatic rings. The maximum absolute atomic E-state index is 10.3. The van der Waals surface area contributed by atoms with Crippen molar-refractivity contribution >= 4 is 0 Å². The Morgan fingerprint density at radius 3 is 2.63 bits per heavy atom. The van der Waals surface area contributed by atoms with Crippen molar-refractivity contribution in [2.75, 3.05) is 20.8 Å². The largest absolute Gasteiger partial charge is 0.497 e. The third-order valence-electron chi connectivity index (χ3n) is 3.77. The van der Waals surface area contributed by atoms with Crippen LogP contribution in [0.5, 0.6) is 11.5 Å². The Morgan fingerprint density at radius 2 is 2.05 bits per heavy atom. The number of methoxy groups -OCH3 is 2. The molecule has 1 aromatic carbocycles. The van der Waals surface area contributed by atoms with Gasteiger partial charge in [-0.05, 0) is 37.0 Å². The molecule has 0 aliphatic heterocycles. The van der Waals surface area contributed by atoms with Crippen molar-refractivity contribution in [1.29, 1.82) is 0 Å². The summed E-state index contributed by atoms with van der Waals surface area (Å²) in [5.41, 5.74) is 0.765. The summed E-state index contributed by atoms with van der Waals surface area (Å²) in [5, 5.41) is 13.7. The van der Waals surface area contributed by atoms with Crippen LogP contribution in [-0.4, -0.2) is 31.9 Å². The number of nitrogens with one attached hydrogen (secondary N) is 1. The normalized spacial score (nSPS) is 23.6. The minimum atomic E-state index is -0.582. The third kappa shape index (κ3) is 3.39. The summed E-state index contributed by atoms with van der Waals surface area (Å²) < 4.78 is 10.5. The molecule has 19 heavy (non-hydrogen) atoms. The molecule has 0 spiro atoms. The molecule has 2 N–H and O–H groups in total. The Morgan fingerprint density at radius 1 is 1.32 bits per heavy atom. The summed E-state index contributed by atoms with van der Waals surface area (Å²) in [5.74, 6) is 2.23.